The number of benzene rings is 1. The number of fused-ring (bicyclic) bond motifs is 1. The molecule has 0 radical (unpaired) electrons. The molecule has 0 aliphatic carbocycles. The van der Waals surface area contributed by atoms with Crippen LogP contribution < -0.4 is 5.32 Å². The third kappa shape index (κ3) is 3.77. The first-order valence-corrected chi connectivity index (χ1v) is 9.53. The number of rotatable bonds is 6. The quantitative estimate of drug-likeness (QED) is 0.722. The van der Waals surface area contributed by atoms with Gasteiger partial charge >= 0.3 is 12.0 Å². The van der Waals surface area contributed by atoms with Crippen LogP contribution >= 0.6 is 0 Å². The zero-order chi connectivity index (χ0) is 20.4. The van der Waals surface area contributed by atoms with E-state index in [0.717, 1.165) is 17.9 Å². The number of amidine groups is 1. The van der Waals surface area contributed by atoms with Crippen molar-refractivity contribution in [3.05, 3.63) is 35.9 Å². The predicted molar refractivity (Wildman–Crippen MR) is 109 cm³/mol. The van der Waals surface area contributed by atoms with Crippen molar-refractivity contribution in [2.75, 3.05) is 41.3 Å². The number of nitrogens with one attached hydrogen (secondary N) is 1. The molecule has 1 fully saturated rings. The number of hydrogen-bond donors (Lipinski definition) is 1. The van der Waals surface area contributed by atoms with E-state index in [0.29, 0.717) is 24.4 Å². The van der Waals surface area contributed by atoms with E-state index < -0.39 is 6.04 Å². The molecule has 1 N–H and O–H groups in total. The topological polar surface area (TPSA) is 71.3 Å². The first-order valence-electron chi connectivity index (χ1n) is 9.53. The second-order valence-corrected chi connectivity index (χ2v) is 7.49. The lowest BCUT2D eigenvalue weighted by atomic mass is 10.1. The molecule has 8 heteroatoms. The Labute approximate surface area is 166 Å². The molecule has 0 spiro atoms. The van der Waals surface area contributed by atoms with Gasteiger partial charge in [-0.3, -0.25) is 19.9 Å². The van der Waals surface area contributed by atoms with Crippen LogP contribution in [-0.2, 0) is 11.2 Å². The molecule has 1 aromatic carbocycles. The molecule has 0 bridgehead atoms. The lowest BCUT2D eigenvalue weighted by Crippen LogP contribution is -2.61. The standard InChI is InChI=1S/C20H28N6O2/c1-14(13-15-9-7-6-8-10-15)23(2)12-11-21-19-22-17-16(24(19)3)18(27)26(5)20(28)25(17)4/h6-10,14,16H,11-13H2,1-5H3/p+1. The Balaban J connectivity index is 1.57. The summed E-state index contributed by atoms with van der Waals surface area (Å²) in [6.07, 6.45) is 0.992. The van der Waals surface area contributed by atoms with Crippen molar-refractivity contribution in [3.8, 4) is 0 Å². The minimum atomic E-state index is -0.551. The molecule has 28 heavy (non-hydrogen) atoms. The third-order valence-electron chi connectivity index (χ3n) is 5.54. The summed E-state index contributed by atoms with van der Waals surface area (Å²) in [5.74, 6) is 0.839. The van der Waals surface area contributed by atoms with Gasteiger partial charge in [0, 0.05) is 26.7 Å². The summed E-state index contributed by atoms with van der Waals surface area (Å²) >= 11 is 0. The van der Waals surface area contributed by atoms with Crippen molar-refractivity contribution in [2.45, 2.75) is 25.4 Å². The van der Waals surface area contributed by atoms with E-state index in [9.17, 15) is 9.59 Å². The average Bonchev–Trinajstić information content (AvgIpc) is 3.02. The number of likely N-dealkylation sites (N-methyl/N-ethyl adjacent to an activating group) is 4. The number of nitrogens with zero attached hydrogens (tertiary/aromatic N) is 5. The van der Waals surface area contributed by atoms with Gasteiger partial charge in [-0.25, -0.2) is 9.37 Å². The van der Waals surface area contributed by atoms with Crippen LogP contribution in [0.25, 0.3) is 0 Å². The fraction of sp³-hybridized carbons (Fsp3) is 0.500. The van der Waals surface area contributed by atoms with E-state index in [4.69, 9.17) is 0 Å². The molecule has 150 valence electrons. The highest BCUT2D eigenvalue weighted by molar-refractivity contribution is 6.22. The molecule has 8 nitrogen and oxygen atoms in total. The highest BCUT2D eigenvalue weighted by Gasteiger charge is 2.50. The van der Waals surface area contributed by atoms with Crippen LogP contribution in [-0.4, -0.2) is 96.4 Å². The maximum atomic E-state index is 12.5. The minimum absolute atomic E-state index is 0.255. The fourth-order valence-corrected chi connectivity index (χ4v) is 3.52. The lowest BCUT2D eigenvalue weighted by molar-refractivity contribution is -0.507. The first-order chi connectivity index (χ1) is 13.3. The summed E-state index contributed by atoms with van der Waals surface area (Å²) in [5.41, 5.74) is 1.32. The maximum absolute atomic E-state index is 12.5. The van der Waals surface area contributed by atoms with Crippen LogP contribution in [0.4, 0.5) is 4.79 Å². The largest absolute Gasteiger partial charge is 0.389 e. The fourth-order valence-electron chi connectivity index (χ4n) is 3.52. The van der Waals surface area contributed by atoms with E-state index in [1.165, 1.54) is 17.5 Å². The van der Waals surface area contributed by atoms with Crippen molar-refractivity contribution < 1.29 is 14.2 Å². The van der Waals surface area contributed by atoms with E-state index in [-0.39, 0.29) is 11.9 Å². The molecule has 1 aromatic rings. The van der Waals surface area contributed by atoms with E-state index >= 15 is 0 Å². The Kier molecular flexibility index (Phi) is 5.79. The maximum Gasteiger partial charge on any atom is 0.389 e. The van der Waals surface area contributed by atoms with Crippen molar-refractivity contribution in [1.82, 2.24) is 20.0 Å². The number of hydrogen-bond acceptors (Lipinski definition) is 5. The summed E-state index contributed by atoms with van der Waals surface area (Å²) < 4.78 is 1.80. The number of carbonyl (C=O) groups excluding carboxylic acids is 2. The third-order valence-corrected chi connectivity index (χ3v) is 5.54. The van der Waals surface area contributed by atoms with E-state index in [1.54, 1.807) is 11.6 Å². The summed E-state index contributed by atoms with van der Waals surface area (Å²) in [4.78, 5) is 34.0. The normalized spacial score (nSPS) is 20.6. The van der Waals surface area contributed by atoms with Crippen LogP contribution in [0.5, 0.6) is 0 Å². The molecule has 3 amide bonds. The summed E-state index contributed by atoms with van der Waals surface area (Å²) in [7, 11) is 7.07. The Morgan fingerprint density at radius 2 is 1.89 bits per heavy atom. The lowest BCUT2D eigenvalue weighted by Gasteiger charge is -2.31. The summed E-state index contributed by atoms with van der Waals surface area (Å²) in [6, 6.07) is 9.96. The van der Waals surface area contributed by atoms with Crippen molar-refractivity contribution in [3.63, 3.8) is 0 Å². The Morgan fingerprint density at radius 1 is 1.21 bits per heavy atom. The van der Waals surface area contributed by atoms with Crippen LogP contribution in [0.3, 0.4) is 0 Å². The Morgan fingerprint density at radius 3 is 2.57 bits per heavy atom. The van der Waals surface area contributed by atoms with Crippen LogP contribution in [0.2, 0.25) is 0 Å². The van der Waals surface area contributed by atoms with Gasteiger partial charge in [-0.05, 0) is 26.0 Å². The summed E-state index contributed by atoms with van der Waals surface area (Å²) in [5, 5.41) is 3.31. The summed E-state index contributed by atoms with van der Waals surface area (Å²) in [6.45, 7) is 3.75. The Bertz CT molecular complexity index is 819. The number of urea groups is 1. The predicted octanol–water partition coefficient (Wildman–Crippen LogP) is 0.442. The van der Waals surface area contributed by atoms with Gasteiger partial charge in [-0.15, -0.1) is 0 Å². The van der Waals surface area contributed by atoms with Gasteiger partial charge in [-0.2, -0.15) is 0 Å². The van der Waals surface area contributed by atoms with Gasteiger partial charge in [0.1, 0.15) is 0 Å². The van der Waals surface area contributed by atoms with Crippen LogP contribution in [0.15, 0.2) is 35.3 Å². The number of amides is 3. The molecular formula is C20H29N6O2+. The van der Waals surface area contributed by atoms with E-state index in [1.807, 2.05) is 13.1 Å². The van der Waals surface area contributed by atoms with Crippen LogP contribution in [0, 0.1) is 0 Å². The van der Waals surface area contributed by atoms with E-state index in [2.05, 4.69) is 53.4 Å². The highest BCUT2D eigenvalue weighted by atomic mass is 16.2. The van der Waals surface area contributed by atoms with Gasteiger partial charge in [0.15, 0.2) is 0 Å². The van der Waals surface area contributed by atoms with Crippen molar-refractivity contribution in [1.29, 1.82) is 0 Å². The highest BCUT2D eigenvalue weighted by Crippen LogP contribution is 2.17. The molecule has 0 saturated carbocycles. The molecule has 2 atom stereocenters. The monoisotopic (exact) mass is 385 g/mol. The molecule has 2 aliphatic heterocycles. The zero-order valence-electron chi connectivity index (χ0n) is 17.2. The molecular weight excluding hydrogens is 356 g/mol. The molecule has 3 rings (SSSR count). The zero-order valence-corrected chi connectivity index (χ0v) is 17.2. The first kappa shape index (κ1) is 20.0. The molecule has 2 heterocycles. The van der Waals surface area contributed by atoms with Crippen LogP contribution in [0.1, 0.15) is 12.5 Å². The van der Waals surface area contributed by atoms with Gasteiger partial charge in [-0.1, -0.05) is 35.3 Å². The molecule has 1 saturated heterocycles. The minimum Gasteiger partial charge on any atom is -0.300 e. The molecule has 2 aliphatic rings. The van der Waals surface area contributed by atoms with Gasteiger partial charge in [0.05, 0.1) is 13.6 Å². The Hall–Kier alpha value is -2.74. The van der Waals surface area contributed by atoms with Gasteiger partial charge in [0.2, 0.25) is 11.9 Å². The smallest absolute Gasteiger partial charge is 0.300 e. The van der Waals surface area contributed by atoms with Crippen molar-refractivity contribution >= 4 is 23.7 Å². The average molecular weight is 385 g/mol. The number of aliphatic imine (C=N–C) groups is 1. The second kappa shape index (κ2) is 8.10. The second-order valence-electron chi connectivity index (χ2n) is 7.49. The van der Waals surface area contributed by atoms with Gasteiger partial charge in [0.25, 0.3) is 5.91 Å². The number of guanidine groups is 1. The molecule has 2 unspecified atom stereocenters. The number of imide groups is 1. The number of carbonyl (C=O) groups is 2. The van der Waals surface area contributed by atoms with Crippen molar-refractivity contribution in [2.24, 2.45) is 4.99 Å². The SMILES string of the molecule is CC(Cc1ccccc1)N(C)CCNC1=[N+](C)C2C(=O)N(C)C(=O)N(C)C2=N1. The molecule has 0 aromatic heterocycles. The van der Waals surface area contributed by atoms with Gasteiger partial charge < -0.3 is 4.90 Å².